The van der Waals surface area contributed by atoms with Crippen molar-refractivity contribution in [2.45, 2.75) is 6.54 Å². The number of carbonyl (C=O) groups is 1. The van der Waals surface area contributed by atoms with Crippen molar-refractivity contribution in [2.24, 2.45) is 0 Å². The molecule has 0 atom stereocenters. The molecule has 0 aliphatic heterocycles. The Morgan fingerprint density at radius 3 is 2.55 bits per heavy atom. The molecule has 0 aliphatic rings. The zero-order valence-corrected chi connectivity index (χ0v) is 12.2. The van der Waals surface area contributed by atoms with E-state index in [1.54, 1.807) is 37.4 Å². The first-order chi connectivity index (χ1) is 9.49. The molecule has 0 bridgehead atoms. The van der Waals surface area contributed by atoms with Gasteiger partial charge in [-0.15, -0.1) is 0 Å². The molecule has 0 aliphatic carbocycles. The fraction of sp³-hybridized carbons (Fsp3) is 0.133. The van der Waals surface area contributed by atoms with Crippen molar-refractivity contribution in [3.63, 3.8) is 0 Å². The maximum atomic E-state index is 13.6. The molecule has 2 rings (SSSR count). The molecule has 2 aromatic carbocycles. The van der Waals surface area contributed by atoms with E-state index in [9.17, 15) is 9.18 Å². The molecule has 0 saturated carbocycles. The van der Waals surface area contributed by atoms with Gasteiger partial charge < -0.3 is 4.90 Å². The van der Waals surface area contributed by atoms with Gasteiger partial charge in [0.1, 0.15) is 5.82 Å². The van der Waals surface area contributed by atoms with E-state index in [0.29, 0.717) is 16.1 Å². The lowest BCUT2D eigenvalue weighted by Gasteiger charge is -2.18. The Kier molecular flexibility index (Phi) is 4.63. The van der Waals surface area contributed by atoms with E-state index >= 15 is 0 Å². The number of benzene rings is 2. The molecule has 0 spiro atoms. The normalized spacial score (nSPS) is 10.4. The average Bonchev–Trinajstić information content (AvgIpc) is 2.40. The van der Waals surface area contributed by atoms with Gasteiger partial charge >= 0.3 is 0 Å². The molecule has 1 amide bonds. The molecule has 0 radical (unpaired) electrons. The van der Waals surface area contributed by atoms with Crippen molar-refractivity contribution in [2.75, 3.05) is 7.05 Å². The second-order valence-corrected chi connectivity index (χ2v) is 5.22. The van der Waals surface area contributed by atoms with E-state index in [4.69, 9.17) is 23.2 Å². The largest absolute Gasteiger partial charge is 0.337 e. The molecule has 2 aromatic rings. The number of amides is 1. The Morgan fingerprint density at radius 2 is 1.90 bits per heavy atom. The molecule has 104 valence electrons. The summed E-state index contributed by atoms with van der Waals surface area (Å²) in [5.74, 6) is -0.621. The van der Waals surface area contributed by atoms with E-state index in [0.717, 1.165) is 0 Å². The van der Waals surface area contributed by atoms with Gasteiger partial charge in [0, 0.05) is 24.2 Å². The highest BCUT2D eigenvalue weighted by atomic mass is 35.5. The first-order valence-corrected chi connectivity index (χ1v) is 6.68. The molecule has 5 heteroatoms. The van der Waals surface area contributed by atoms with Crippen LogP contribution in [0, 0.1) is 5.82 Å². The first-order valence-electron chi connectivity index (χ1n) is 5.93. The van der Waals surface area contributed by atoms with Crippen molar-refractivity contribution in [1.82, 2.24) is 4.90 Å². The smallest absolute Gasteiger partial charge is 0.255 e. The second kappa shape index (κ2) is 6.25. The van der Waals surface area contributed by atoms with Crippen LogP contribution in [0.4, 0.5) is 4.39 Å². The minimum Gasteiger partial charge on any atom is -0.337 e. The monoisotopic (exact) mass is 311 g/mol. The highest BCUT2D eigenvalue weighted by Crippen LogP contribution is 2.22. The standard InChI is InChI=1S/C15H12Cl2FNO/c1-19(9-10-4-2-3-5-14(10)18)15(20)12-7-6-11(16)8-13(12)17/h2-8H,9H2,1H3. The van der Waals surface area contributed by atoms with Crippen LogP contribution in [0.25, 0.3) is 0 Å². The van der Waals surface area contributed by atoms with E-state index < -0.39 is 0 Å². The van der Waals surface area contributed by atoms with E-state index in [1.165, 1.54) is 17.0 Å². The van der Waals surface area contributed by atoms with Crippen LogP contribution in [0.1, 0.15) is 15.9 Å². The van der Waals surface area contributed by atoms with Crippen LogP contribution in [0.15, 0.2) is 42.5 Å². The SMILES string of the molecule is CN(Cc1ccccc1F)C(=O)c1ccc(Cl)cc1Cl. The molecule has 0 saturated heterocycles. The molecule has 20 heavy (non-hydrogen) atoms. The molecule has 0 aromatic heterocycles. The van der Waals surface area contributed by atoms with Gasteiger partial charge in [0.2, 0.25) is 0 Å². The number of rotatable bonds is 3. The number of nitrogens with zero attached hydrogens (tertiary/aromatic N) is 1. The maximum absolute atomic E-state index is 13.6. The van der Waals surface area contributed by atoms with Crippen molar-refractivity contribution >= 4 is 29.1 Å². The quantitative estimate of drug-likeness (QED) is 0.822. The summed E-state index contributed by atoms with van der Waals surface area (Å²) in [6, 6.07) is 11.0. The Labute approximate surface area is 126 Å². The third-order valence-electron chi connectivity index (χ3n) is 2.87. The Bertz CT molecular complexity index is 646. The molecular formula is C15H12Cl2FNO. The summed E-state index contributed by atoms with van der Waals surface area (Å²) in [7, 11) is 1.60. The highest BCUT2D eigenvalue weighted by Gasteiger charge is 2.16. The van der Waals surface area contributed by atoms with Crippen molar-refractivity contribution in [3.05, 3.63) is 69.5 Å². The Balaban J connectivity index is 2.19. The summed E-state index contributed by atoms with van der Waals surface area (Å²) < 4.78 is 13.6. The van der Waals surface area contributed by atoms with Gasteiger partial charge in [-0.25, -0.2) is 4.39 Å². The molecule has 2 nitrogen and oxygen atoms in total. The number of halogens is 3. The molecular weight excluding hydrogens is 300 g/mol. The van der Waals surface area contributed by atoms with Crippen LogP contribution in [0.5, 0.6) is 0 Å². The summed E-state index contributed by atoms with van der Waals surface area (Å²) in [6.45, 7) is 0.171. The van der Waals surface area contributed by atoms with Gasteiger partial charge in [0.05, 0.1) is 10.6 Å². The van der Waals surface area contributed by atoms with Gasteiger partial charge in [-0.1, -0.05) is 41.4 Å². The molecule has 0 N–H and O–H groups in total. The second-order valence-electron chi connectivity index (χ2n) is 4.38. The van der Waals surface area contributed by atoms with Crippen LogP contribution in [0.2, 0.25) is 10.0 Å². The number of hydrogen-bond donors (Lipinski definition) is 0. The average molecular weight is 312 g/mol. The zero-order chi connectivity index (χ0) is 14.7. The fourth-order valence-corrected chi connectivity index (χ4v) is 2.31. The Hall–Kier alpha value is -1.58. The van der Waals surface area contributed by atoms with Gasteiger partial charge in [-0.2, -0.15) is 0 Å². The highest BCUT2D eigenvalue weighted by molar-refractivity contribution is 6.36. The topological polar surface area (TPSA) is 20.3 Å². The number of hydrogen-bond acceptors (Lipinski definition) is 1. The number of carbonyl (C=O) groups excluding carboxylic acids is 1. The van der Waals surface area contributed by atoms with Gasteiger partial charge in [-0.3, -0.25) is 4.79 Å². The molecule has 0 unspecified atom stereocenters. The maximum Gasteiger partial charge on any atom is 0.255 e. The van der Waals surface area contributed by atoms with E-state index in [-0.39, 0.29) is 23.3 Å². The van der Waals surface area contributed by atoms with Crippen molar-refractivity contribution in [3.8, 4) is 0 Å². The summed E-state index contributed by atoms with van der Waals surface area (Å²) in [4.78, 5) is 13.7. The van der Waals surface area contributed by atoms with Crippen molar-refractivity contribution < 1.29 is 9.18 Å². The van der Waals surface area contributed by atoms with Gasteiger partial charge in [0.25, 0.3) is 5.91 Å². The Morgan fingerprint density at radius 1 is 1.20 bits per heavy atom. The van der Waals surface area contributed by atoms with Crippen LogP contribution in [0.3, 0.4) is 0 Å². The molecule has 0 heterocycles. The van der Waals surface area contributed by atoms with E-state index in [1.807, 2.05) is 0 Å². The summed E-state index contributed by atoms with van der Waals surface area (Å²) >= 11 is 11.8. The third kappa shape index (κ3) is 3.30. The summed E-state index contributed by atoms with van der Waals surface area (Å²) in [6.07, 6.45) is 0. The lowest BCUT2D eigenvalue weighted by molar-refractivity contribution is 0.0784. The van der Waals surface area contributed by atoms with Crippen LogP contribution in [-0.2, 0) is 6.54 Å². The van der Waals surface area contributed by atoms with Crippen LogP contribution >= 0.6 is 23.2 Å². The summed E-state index contributed by atoms with van der Waals surface area (Å²) in [5.41, 5.74) is 0.795. The zero-order valence-electron chi connectivity index (χ0n) is 10.7. The van der Waals surface area contributed by atoms with Gasteiger partial charge in [-0.05, 0) is 24.3 Å². The summed E-state index contributed by atoms with van der Waals surface area (Å²) in [5, 5.41) is 0.742. The van der Waals surface area contributed by atoms with E-state index in [2.05, 4.69) is 0 Å². The lowest BCUT2D eigenvalue weighted by Crippen LogP contribution is -2.26. The minimum atomic E-state index is -0.339. The predicted octanol–water partition coefficient (Wildman–Crippen LogP) is 4.40. The fourth-order valence-electron chi connectivity index (χ4n) is 1.82. The van der Waals surface area contributed by atoms with Crippen LogP contribution < -0.4 is 0 Å². The van der Waals surface area contributed by atoms with Crippen LogP contribution in [-0.4, -0.2) is 17.9 Å². The third-order valence-corrected chi connectivity index (χ3v) is 3.42. The van der Waals surface area contributed by atoms with Crippen molar-refractivity contribution in [1.29, 1.82) is 0 Å². The lowest BCUT2D eigenvalue weighted by atomic mass is 10.1. The molecule has 0 fully saturated rings. The minimum absolute atomic E-state index is 0.171. The van der Waals surface area contributed by atoms with Gasteiger partial charge in [0.15, 0.2) is 0 Å². The first kappa shape index (κ1) is 14.8. The predicted molar refractivity (Wildman–Crippen MR) is 78.7 cm³/mol.